The molecule has 2 aromatic rings. The van der Waals surface area contributed by atoms with E-state index in [1.807, 2.05) is 0 Å². The second-order valence-electron chi connectivity index (χ2n) is 9.14. The molecule has 0 spiro atoms. The van der Waals surface area contributed by atoms with Crippen molar-refractivity contribution in [2.75, 3.05) is 38.7 Å². The Bertz CT molecular complexity index is 926. The Morgan fingerprint density at radius 3 is 2.62 bits per heavy atom. The number of carbonyl (C=O) groups excluding carboxylic acids is 1. The quantitative estimate of drug-likeness (QED) is 0.626. The van der Waals surface area contributed by atoms with E-state index in [1.165, 1.54) is 12.1 Å². The zero-order chi connectivity index (χ0) is 23.9. The smallest absolute Gasteiger partial charge is 0.319 e. The molecule has 0 saturated carbocycles. The third-order valence-electron chi connectivity index (χ3n) is 6.71. The molecule has 0 aromatic heterocycles. The van der Waals surface area contributed by atoms with E-state index in [1.54, 1.807) is 43.5 Å². The summed E-state index contributed by atoms with van der Waals surface area (Å²) in [5.41, 5.74) is 1.64. The lowest BCUT2D eigenvalue weighted by Crippen LogP contribution is -2.54. The molecule has 184 valence electrons. The number of nitrogens with one attached hydrogen (secondary N) is 2. The van der Waals surface area contributed by atoms with Crippen LogP contribution in [0.25, 0.3) is 0 Å². The second kappa shape index (κ2) is 11.6. The highest BCUT2D eigenvalue weighted by Gasteiger charge is 2.34. The van der Waals surface area contributed by atoms with Gasteiger partial charge in [-0.05, 0) is 80.1 Å². The number of urea groups is 1. The van der Waals surface area contributed by atoms with Gasteiger partial charge in [0.25, 0.3) is 0 Å². The van der Waals surface area contributed by atoms with Crippen LogP contribution in [0.15, 0.2) is 48.5 Å². The molecule has 4 rings (SSSR count). The number of benzene rings is 2. The number of methoxy groups -OCH3 is 1. The fraction of sp³-hybridized carbons (Fsp3) is 0.500. The maximum Gasteiger partial charge on any atom is 0.319 e. The van der Waals surface area contributed by atoms with Crippen molar-refractivity contribution in [2.45, 2.75) is 44.0 Å². The van der Waals surface area contributed by atoms with Crippen LogP contribution in [-0.4, -0.2) is 62.6 Å². The van der Waals surface area contributed by atoms with Crippen molar-refractivity contribution in [3.63, 3.8) is 0 Å². The van der Waals surface area contributed by atoms with E-state index in [0.717, 1.165) is 37.1 Å². The Labute approximate surface area is 199 Å². The van der Waals surface area contributed by atoms with Gasteiger partial charge in [0.15, 0.2) is 0 Å². The first kappa shape index (κ1) is 24.4. The van der Waals surface area contributed by atoms with Gasteiger partial charge < -0.3 is 20.1 Å². The third kappa shape index (κ3) is 6.67. The summed E-state index contributed by atoms with van der Waals surface area (Å²) < 4.78 is 39.2. The van der Waals surface area contributed by atoms with Gasteiger partial charge in [-0.2, -0.15) is 0 Å². The van der Waals surface area contributed by atoms with Crippen molar-refractivity contribution in [1.29, 1.82) is 0 Å². The standard InChI is InChI=1S/C26H33F2N3O3/c1-33-22-10-8-21(9-11-22)29-26(32)30-24-3-2-14-34-25(24)17-31-13-12-19(23(28)16-31)15-18-4-6-20(27)7-5-18/h4-11,19,23-25H,2-3,12-17H2,1H3,(H2,29,30,32). The molecule has 2 heterocycles. The first-order valence-corrected chi connectivity index (χ1v) is 11.9. The summed E-state index contributed by atoms with van der Waals surface area (Å²) >= 11 is 0. The van der Waals surface area contributed by atoms with Gasteiger partial charge in [-0.3, -0.25) is 4.90 Å². The summed E-state index contributed by atoms with van der Waals surface area (Å²) in [5.74, 6) is 0.376. The van der Waals surface area contributed by atoms with Gasteiger partial charge in [0, 0.05) is 25.4 Å². The molecule has 4 atom stereocenters. The van der Waals surface area contributed by atoms with Gasteiger partial charge in [0.2, 0.25) is 0 Å². The minimum atomic E-state index is -0.952. The van der Waals surface area contributed by atoms with Crippen LogP contribution < -0.4 is 15.4 Å². The summed E-state index contributed by atoms with van der Waals surface area (Å²) in [7, 11) is 1.59. The number of hydrogen-bond donors (Lipinski definition) is 2. The van der Waals surface area contributed by atoms with Gasteiger partial charge in [0.1, 0.15) is 17.7 Å². The molecule has 2 amide bonds. The Balaban J connectivity index is 1.27. The molecule has 0 bridgehead atoms. The van der Waals surface area contributed by atoms with Gasteiger partial charge in [-0.15, -0.1) is 0 Å². The van der Waals surface area contributed by atoms with E-state index in [9.17, 15) is 13.6 Å². The van der Waals surface area contributed by atoms with Crippen LogP contribution in [0.5, 0.6) is 5.75 Å². The molecule has 2 aliphatic rings. The highest BCUT2D eigenvalue weighted by molar-refractivity contribution is 5.89. The number of likely N-dealkylation sites (tertiary alicyclic amines) is 1. The van der Waals surface area contributed by atoms with E-state index < -0.39 is 6.17 Å². The Morgan fingerprint density at radius 2 is 1.91 bits per heavy atom. The normalized spacial score (nSPS) is 25.5. The van der Waals surface area contributed by atoms with Crippen molar-refractivity contribution in [2.24, 2.45) is 5.92 Å². The summed E-state index contributed by atoms with van der Waals surface area (Å²) in [6, 6.07) is 13.0. The number of piperidine rings is 1. The van der Waals surface area contributed by atoms with Crippen LogP contribution in [0, 0.1) is 11.7 Å². The maximum absolute atomic E-state index is 15.0. The zero-order valence-electron chi connectivity index (χ0n) is 19.5. The monoisotopic (exact) mass is 473 g/mol. The lowest BCUT2D eigenvalue weighted by molar-refractivity contribution is -0.0370. The van der Waals surface area contributed by atoms with Crippen LogP contribution in [0.4, 0.5) is 19.3 Å². The lowest BCUT2D eigenvalue weighted by Gasteiger charge is -2.39. The Kier molecular flexibility index (Phi) is 8.34. The number of hydrogen-bond acceptors (Lipinski definition) is 4. The van der Waals surface area contributed by atoms with E-state index in [-0.39, 0.29) is 29.9 Å². The van der Waals surface area contributed by atoms with Crippen molar-refractivity contribution >= 4 is 11.7 Å². The second-order valence-corrected chi connectivity index (χ2v) is 9.14. The molecule has 2 fully saturated rings. The molecule has 2 aliphatic heterocycles. The number of ether oxygens (including phenoxy) is 2. The van der Waals surface area contributed by atoms with Crippen LogP contribution in [-0.2, 0) is 11.2 Å². The minimum absolute atomic E-state index is 0.0711. The fourth-order valence-corrected chi connectivity index (χ4v) is 4.78. The molecule has 6 nitrogen and oxygen atoms in total. The Hall–Kier alpha value is -2.71. The van der Waals surface area contributed by atoms with Crippen molar-refractivity contribution < 1.29 is 23.0 Å². The predicted molar refractivity (Wildman–Crippen MR) is 127 cm³/mol. The molecule has 2 N–H and O–H groups in total. The number of carbonyl (C=O) groups is 1. The first-order chi connectivity index (χ1) is 16.5. The van der Waals surface area contributed by atoms with Crippen molar-refractivity contribution in [1.82, 2.24) is 10.2 Å². The molecular weight excluding hydrogens is 440 g/mol. The summed E-state index contributed by atoms with van der Waals surface area (Å²) in [6.45, 7) is 2.34. The SMILES string of the molecule is COc1ccc(NC(=O)NC2CCCOC2CN2CCC(Cc3ccc(F)cc3)C(F)C2)cc1. The van der Waals surface area contributed by atoms with Gasteiger partial charge in [0.05, 0.1) is 19.3 Å². The third-order valence-corrected chi connectivity index (χ3v) is 6.71. The molecule has 4 unspecified atom stereocenters. The van der Waals surface area contributed by atoms with Crippen molar-refractivity contribution in [3.8, 4) is 5.75 Å². The van der Waals surface area contributed by atoms with E-state index in [2.05, 4.69) is 15.5 Å². The molecule has 0 aliphatic carbocycles. The lowest BCUT2D eigenvalue weighted by atomic mass is 9.88. The van der Waals surface area contributed by atoms with Crippen LogP contribution >= 0.6 is 0 Å². The largest absolute Gasteiger partial charge is 0.497 e. The zero-order valence-corrected chi connectivity index (χ0v) is 19.5. The highest BCUT2D eigenvalue weighted by Crippen LogP contribution is 2.26. The number of alkyl halides is 1. The molecular formula is C26H33F2N3O3. The topological polar surface area (TPSA) is 62.8 Å². The number of rotatable bonds is 7. The van der Waals surface area contributed by atoms with Crippen molar-refractivity contribution in [3.05, 3.63) is 59.9 Å². The molecule has 0 radical (unpaired) electrons. The van der Waals surface area contributed by atoms with Crippen LogP contribution in [0.3, 0.4) is 0 Å². The molecule has 8 heteroatoms. The number of halogens is 2. The summed E-state index contributed by atoms with van der Waals surface area (Å²) in [5, 5.41) is 5.88. The average Bonchev–Trinajstić information content (AvgIpc) is 2.84. The molecule has 2 aromatic carbocycles. The number of nitrogens with zero attached hydrogens (tertiary/aromatic N) is 1. The van der Waals surface area contributed by atoms with Gasteiger partial charge in [-0.1, -0.05) is 12.1 Å². The fourth-order valence-electron chi connectivity index (χ4n) is 4.78. The van der Waals surface area contributed by atoms with E-state index in [4.69, 9.17) is 9.47 Å². The average molecular weight is 474 g/mol. The summed E-state index contributed by atoms with van der Waals surface area (Å²) in [6.07, 6.45) is 1.91. The van der Waals surface area contributed by atoms with Crippen LogP contribution in [0.2, 0.25) is 0 Å². The number of anilines is 1. The molecule has 34 heavy (non-hydrogen) atoms. The Morgan fingerprint density at radius 1 is 1.15 bits per heavy atom. The van der Waals surface area contributed by atoms with E-state index >= 15 is 0 Å². The highest BCUT2D eigenvalue weighted by atomic mass is 19.1. The van der Waals surface area contributed by atoms with Crippen LogP contribution in [0.1, 0.15) is 24.8 Å². The van der Waals surface area contributed by atoms with E-state index in [0.29, 0.717) is 31.8 Å². The minimum Gasteiger partial charge on any atom is -0.497 e. The molecule has 2 saturated heterocycles. The first-order valence-electron chi connectivity index (χ1n) is 11.9. The van der Waals surface area contributed by atoms with Gasteiger partial charge >= 0.3 is 6.03 Å². The maximum atomic E-state index is 15.0. The summed E-state index contributed by atoms with van der Waals surface area (Å²) in [4.78, 5) is 14.7. The predicted octanol–water partition coefficient (Wildman–Crippen LogP) is 4.41. The number of amides is 2. The van der Waals surface area contributed by atoms with Gasteiger partial charge in [-0.25, -0.2) is 13.6 Å².